The fourth-order valence-electron chi connectivity index (χ4n) is 5.68. The van der Waals surface area contributed by atoms with Crippen LogP contribution in [0.25, 0.3) is 0 Å². The van der Waals surface area contributed by atoms with Crippen molar-refractivity contribution in [1.82, 2.24) is 0 Å². The number of rotatable bonds is 5. The van der Waals surface area contributed by atoms with Gasteiger partial charge in [0.15, 0.2) is 0 Å². The van der Waals surface area contributed by atoms with Gasteiger partial charge in [0.25, 0.3) is 0 Å². The van der Waals surface area contributed by atoms with E-state index in [2.05, 4.69) is 13.5 Å². The minimum atomic E-state index is 0.369. The molecule has 0 amide bonds. The molecule has 0 aliphatic heterocycles. The summed E-state index contributed by atoms with van der Waals surface area (Å²) in [5.74, 6) is 3.16. The molecule has 4 saturated carbocycles. The molecule has 4 aliphatic carbocycles. The van der Waals surface area contributed by atoms with Gasteiger partial charge in [0.1, 0.15) is 0 Å². The van der Waals surface area contributed by atoms with Crippen LogP contribution >= 0.6 is 0 Å². The molecule has 0 radical (unpaired) electrons. The summed E-state index contributed by atoms with van der Waals surface area (Å²) in [6.07, 6.45) is 12.5. The van der Waals surface area contributed by atoms with Crippen molar-refractivity contribution in [2.45, 2.75) is 70.8 Å². The molecule has 4 aliphatic rings. The largest absolute Gasteiger partial charge is 0.327 e. The van der Waals surface area contributed by atoms with Crippen molar-refractivity contribution in [2.75, 3.05) is 0 Å². The van der Waals surface area contributed by atoms with E-state index in [0.29, 0.717) is 11.5 Å². The zero-order valence-electron chi connectivity index (χ0n) is 12.0. The van der Waals surface area contributed by atoms with Crippen LogP contribution in [0.5, 0.6) is 0 Å². The van der Waals surface area contributed by atoms with Crippen LogP contribution in [0.3, 0.4) is 0 Å². The van der Waals surface area contributed by atoms with Gasteiger partial charge in [0.05, 0.1) is 0 Å². The van der Waals surface area contributed by atoms with Gasteiger partial charge >= 0.3 is 0 Å². The topological polar surface area (TPSA) is 26.0 Å². The minimum Gasteiger partial charge on any atom is -0.327 e. The van der Waals surface area contributed by atoms with Crippen molar-refractivity contribution >= 4 is 0 Å². The maximum atomic E-state index is 6.41. The van der Waals surface area contributed by atoms with E-state index in [-0.39, 0.29) is 0 Å². The Morgan fingerprint density at radius 3 is 2.11 bits per heavy atom. The van der Waals surface area contributed by atoms with Crippen molar-refractivity contribution in [1.29, 1.82) is 0 Å². The summed E-state index contributed by atoms with van der Waals surface area (Å²) in [6.45, 7) is 6.32. The Morgan fingerprint density at radius 2 is 1.67 bits per heavy atom. The molecular weight excluding hydrogens is 218 g/mol. The van der Waals surface area contributed by atoms with Gasteiger partial charge in [-0.25, -0.2) is 0 Å². The van der Waals surface area contributed by atoms with Gasteiger partial charge in [0.2, 0.25) is 0 Å². The molecule has 18 heavy (non-hydrogen) atoms. The van der Waals surface area contributed by atoms with Crippen LogP contribution in [-0.4, -0.2) is 6.04 Å². The Hall–Kier alpha value is -0.300. The monoisotopic (exact) mass is 247 g/mol. The van der Waals surface area contributed by atoms with Crippen LogP contribution in [0.2, 0.25) is 0 Å². The average Bonchev–Trinajstić information content (AvgIpc) is 2.25. The van der Waals surface area contributed by atoms with Crippen molar-refractivity contribution < 1.29 is 0 Å². The molecule has 4 bridgehead atoms. The van der Waals surface area contributed by atoms with Crippen LogP contribution < -0.4 is 5.73 Å². The number of hydrogen-bond acceptors (Lipinski definition) is 1. The van der Waals surface area contributed by atoms with E-state index in [1.54, 1.807) is 0 Å². The lowest BCUT2D eigenvalue weighted by Gasteiger charge is -2.57. The summed E-state index contributed by atoms with van der Waals surface area (Å²) in [4.78, 5) is 0. The lowest BCUT2D eigenvalue weighted by atomic mass is 9.48. The van der Waals surface area contributed by atoms with Gasteiger partial charge in [-0.3, -0.25) is 0 Å². The van der Waals surface area contributed by atoms with E-state index in [1.807, 2.05) is 0 Å². The molecule has 102 valence electrons. The smallest absolute Gasteiger partial charge is 0.00812 e. The Balaban J connectivity index is 1.63. The Morgan fingerprint density at radius 1 is 1.17 bits per heavy atom. The highest BCUT2D eigenvalue weighted by Gasteiger charge is 2.50. The molecule has 1 heteroatoms. The van der Waals surface area contributed by atoms with Crippen LogP contribution in [0, 0.1) is 23.2 Å². The summed E-state index contributed by atoms with van der Waals surface area (Å²) >= 11 is 0. The fraction of sp³-hybridized carbons (Fsp3) is 0.882. The normalized spacial score (nSPS) is 43.1. The first-order valence-corrected chi connectivity index (χ1v) is 8.01. The summed E-state index contributed by atoms with van der Waals surface area (Å²) in [7, 11) is 0. The molecule has 0 saturated heterocycles. The van der Waals surface area contributed by atoms with Crippen molar-refractivity contribution in [2.24, 2.45) is 28.9 Å². The summed E-state index contributed by atoms with van der Waals surface area (Å²) in [5, 5.41) is 0. The predicted molar refractivity (Wildman–Crippen MR) is 77.2 cm³/mol. The van der Waals surface area contributed by atoms with Crippen LogP contribution in [-0.2, 0) is 0 Å². The minimum absolute atomic E-state index is 0.369. The van der Waals surface area contributed by atoms with E-state index >= 15 is 0 Å². The highest BCUT2D eigenvalue weighted by atomic mass is 14.7. The predicted octanol–water partition coefficient (Wildman–Crippen LogP) is 4.28. The first-order valence-electron chi connectivity index (χ1n) is 8.01. The second-order valence-corrected chi connectivity index (χ2v) is 7.69. The lowest BCUT2D eigenvalue weighted by molar-refractivity contribution is -0.0602. The quantitative estimate of drug-likeness (QED) is 0.721. The van der Waals surface area contributed by atoms with Crippen LogP contribution in [0.15, 0.2) is 12.2 Å². The standard InChI is InChI=1S/C17H29N/c1-3-12(2)4-16(18)11-17-8-13-5-14(9-17)7-15(6-13)10-17/h13-16H,2-11,18H2,1H3. The van der Waals surface area contributed by atoms with Crippen molar-refractivity contribution in [3.05, 3.63) is 12.2 Å². The zero-order valence-corrected chi connectivity index (χ0v) is 12.0. The molecule has 4 rings (SSSR count). The molecule has 1 nitrogen and oxygen atoms in total. The molecule has 4 fully saturated rings. The average molecular weight is 247 g/mol. The van der Waals surface area contributed by atoms with Gasteiger partial charge in [-0.1, -0.05) is 19.1 Å². The molecule has 1 unspecified atom stereocenters. The Kier molecular flexibility index (Phi) is 3.30. The summed E-state index contributed by atoms with van der Waals surface area (Å²) in [5.41, 5.74) is 8.39. The van der Waals surface area contributed by atoms with Crippen molar-refractivity contribution in [3.8, 4) is 0 Å². The Bertz CT molecular complexity index is 295. The molecule has 1 atom stereocenters. The fourth-order valence-corrected chi connectivity index (χ4v) is 5.68. The molecular formula is C17H29N. The SMILES string of the molecule is C=C(CC)CC(N)CC12CC3CC(CC(C3)C1)C2. The lowest BCUT2D eigenvalue weighted by Crippen LogP contribution is -2.48. The first-order chi connectivity index (χ1) is 8.58. The third-order valence-corrected chi connectivity index (χ3v) is 5.91. The highest BCUT2D eigenvalue weighted by Crippen LogP contribution is 2.61. The van der Waals surface area contributed by atoms with E-state index in [9.17, 15) is 0 Å². The van der Waals surface area contributed by atoms with E-state index in [0.717, 1.165) is 30.6 Å². The van der Waals surface area contributed by atoms with Gasteiger partial charge in [0, 0.05) is 6.04 Å². The molecule has 0 heterocycles. The van der Waals surface area contributed by atoms with E-state index in [4.69, 9.17) is 5.73 Å². The molecule has 0 spiro atoms. The summed E-state index contributed by atoms with van der Waals surface area (Å²) < 4.78 is 0. The number of nitrogens with two attached hydrogens (primary N) is 1. The zero-order chi connectivity index (χ0) is 12.8. The van der Waals surface area contributed by atoms with Crippen molar-refractivity contribution in [3.63, 3.8) is 0 Å². The third-order valence-electron chi connectivity index (χ3n) is 5.91. The second kappa shape index (κ2) is 4.67. The molecule has 0 aromatic carbocycles. The van der Waals surface area contributed by atoms with Gasteiger partial charge < -0.3 is 5.73 Å². The summed E-state index contributed by atoms with van der Waals surface area (Å²) in [6, 6.07) is 0.369. The van der Waals surface area contributed by atoms with Gasteiger partial charge in [-0.15, -0.1) is 0 Å². The highest BCUT2D eigenvalue weighted by molar-refractivity contribution is 5.04. The Labute approximate surface area is 112 Å². The molecule has 0 aromatic rings. The third kappa shape index (κ3) is 2.39. The van der Waals surface area contributed by atoms with Crippen LogP contribution in [0.4, 0.5) is 0 Å². The van der Waals surface area contributed by atoms with Crippen LogP contribution in [0.1, 0.15) is 64.7 Å². The van der Waals surface area contributed by atoms with E-state index in [1.165, 1.54) is 50.5 Å². The van der Waals surface area contributed by atoms with Gasteiger partial charge in [-0.2, -0.15) is 0 Å². The maximum absolute atomic E-state index is 6.41. The molecule has 0 aromatic heterocycles. The second-order valence-electron chi connectivity index (χ2n) is 7.69. The van der Waals surface area contributed by atoms with E-state index < -0.39 is 0 Å². The maximum Gasteiger partial charge on any atom is 0.00812 e. The van der Waals surface area contributed by atoms with Gasteiger partial charge in [-0.05, 0) is 81.0 Å². The first kappa shape index (κ1) is 12.7. The molecule has 2 N–H and O–H groups in total. The number of hydrogen-bond donors (Lipinski definition) is 1.